The SMILES string of the molecule is CCOc1ccc2ccccc2c1C(=O)NCCn1nc(C(F)(F)F)c2c1CCCC2. The number of halogens is 3. The minimum absolute atomic E-state index is 0.166. The van der Waals surface area contributed by atoms with E-state index in [2.05, 4.69) is 10.4 Å². The second kappa shape index (κ2) is 8.61. The Morgan fingerprint density at radius 3 is 2.71 bits per heavy atom. The molecule has 0 saturated heterocycles. The highest BCUT2D eigenvalue weighted by molar-refractivity contribution is 6.09. The fourth-order valence-electron chi connectivity index (χ4n) is 4.21. The number of nitrogens with one attached hydrogen (secondary N) is 1. The van der Waals surface area contributed by atoms with E-state index in [0.29, 0.717) is 42.0 Å². The zero-order valence-electron chi connectivity index (χ0n) is 17.3. The van der Waals surface area contributed by atoms with Crippen molar-refractivity contribution < 1.29 is 22.7 Å². The van der Waals surface area contributed by atoms with Gasteiger partial charge in [-0.3, -0.25) is 9.48 Å². The third-order valence-corrected chi connectivity index (χ3v) is 5.55. The summed E-state index contributed by atoms with van der Waals surface area (Å²) in [6.45, 7) is 2.60. The minimum atomic E-state index is -4.47. The van der Waals surface area contributed by atoms with Crippen molar-refractivity contribution in [2.24, 2.45) is 0 Å². The number of hydrogen-bond donors (Lipinski definition) is 1. The first-order valence-electron chi connectivity index (χ1n) is 10.5. The molecular weight excluding hydrogens is 407 g/mol. The molecule has 8 heteroatoms. The summed E-state index contributed by atoms with van der Waals surface area (Å²) in [6, 6.07) is 11.2. The Morgan fingerprint density at radius 1 is 1.16 bits per heavy atom. The molecule has 1 aromatic heterocycles. The molecule has 0 bridgehead atoms. The summed E-state index contributed by atoms with van der Waals surface area (Å²) in [5, 5.41) is 8.35. The van der Waals surface area contributed by atoms with E-state index in [9.17, 15) is 18.0 Å². The molecule has 1 amide bonds. The fourth-order valence-corrected chi connectivity index (χ4v) is 4.21. The summed E-state index contributed by atoms with van der Waals surface area (Å²) in [5.74, 6) is 0.159. The van der Waals surface area contributed by atoms with Crippen LogP contribution in [0.4, 0.5) is 13.2 Å². The summed E-state index contributed by atoms with van der Waals surface area (Å²) < 4.78 is 47.1. The Bertz CT molecular complexity index is 1110. The molecule has 31 heavy (non-hydrogen) atoms. The molecule has 1 aliphatic carbocycles. The highest BCUT2D eigenvalue weighted by Crippen LogP contribution is 2.35. The van der Waals surface area contributed by atoms with Crippen LogP contribution in [0.3, 0.4) is 0 Å². The molecule has 1 N–H and O–H groups in total. The number of aromatic nitrogens is 2. The predicted molar refractivity (Wildman–Crippen MR) is 111 cm³/mol. The van der Waals surface area contributed by atoms with Gasteiger partial charge in [-0.1, -0.05) is 30.3 Å². The van der Waals surface area contributed by atoms with Crippen molar-refractivity contribution in [1.82, 2.24) is 15.1 Å². The van der Waals surface area contributed by atoms with Crippen molar-refractivity contribution in [3.63, 3.8) is 0 Å². The van der Waals surface area contributed by atoms with E-state index in [1.807, 2.05) is 37.3 Å². The van der Waals surface area contributed by atoms with Gasteiger partial charge in [-0.05, 0) is 49.4 Å². The van der Waals surface area contributed by atoms with E-state index in [0.717, 1.165) is 23.6 Å². The molecule has 1 aliphatic rings. The lowest BCUT2D eigenvalue weighted by molar-refractivity contribution is -0.142. The van der Waals surface area contributed by atoms with E-state index in [1.165, 1.54) is 4.68 Å². The molecule has 2 aromatic carbocycles. The van der Waals surface area contributed by atoms with Crippen LogP contribution in [0.15, 0.2) is 36.4 Å². The van der Waals surface area contributed by atoms with Gasteiger partial charge in [0.2, 0.25) is 0 Å². The molecular formula is C23H24F3N3O2. The molecule has 4 rings (SSSR count). The predicted octanol–water partition coefficient (Wildman–Crippen LogP) is 4.76. The lowest BCUT2D eigenvalue weighted by atomic mass is 9.95. The Morgan fingerprint density at radius 2 is 1.94 bits per heavy atom. The highest BCUT2D eigenvalue weighted by Gasteiger charge is 2.39. The van der Waals surface area contributed by atoms with Crippen LogP contribution in [-0.4, -0.2) is 28.8 Å². The second-order valence-electron chi connectivity index (χ2n) is 7.55. The van der Waals surface area contributed by atoms with Crippen molar-refractivity contribution in [2.45, 2.75) is 45.3 Å². The third kappa shape index (κ3) is 4.24. The zero-order valence-corrected chi connectivity index (χ0v) is 17.3. The van der Waals surface area contributed by atoms with Gasteiger partial charge >= 0.3 is 6.18 Å². The van der Waals surface area contributed by atoms with Crippen LogP contribution in [0.5, 0.6) is 5.75 Å². The molecule has 3 aromatic rings. The molecule has 5 nitrogen and oxygen atoms in total. The minimum Gasteiger partial charge on any atom is -0.493 e. The van der Waals surface area contributed by atoms with Crippen molar-refractivity contribution in [3.8, 4) is 5.75 Å². The van der Waals surface area contributed by atoms with Crippen molar-refractivity contribution in [2.75, 3.05) is 13.2 Å². The third-order valence-electron chi connectivity index (χ3n) is 5.55. The summed E-state index contributed by atoms with van der Waals surface area (Å²) in [4.78, 5) is 13.0. The van der Waals surface area contributed by atoms with Gasteiger partial charge in [0.25, 0.3) is 5.91 Å². The lowest BCUT2D eigenvalue weighted by Gasteiger charge is -2.16. The quantitative estimate of drug-likeness (QED) is 0.612. The van der Waals surface area contributed by atoms with Crippen molar-refractivity contribution in [1.29, 1.82) is 0 Å². The number of nitrogens with zero attached hydrogens (tertiary/aromatic N) is 2. The van der Waals surface area contributed by atoms with Crippen LogP contribution >= 0.6 is 0 Å². The maximum absolute atomic E-state index is 13.4. The molecule has 0 spiro atoms. The molecule has 1 heterocycles. The largest absolute Gasteiger partial charge is 0.493 e. The monoisotopic (exact) mass is 431 g/mol. The summed E-state index contributed by atoms with van der Waals surface area (Å²) in [5.41, 5.74) is 0.574. The van der Waals surface area contributed by atoms with Crippen LogP contribution < -0.4 is 10.1 Å². The Balaban J connectivity index is 1.54. The number of alkyl halides is 3. The normalized spacial score (nSPS) is 13.8. The number of rotatable bonds is 6. The first-order valence-corrected chi connectivity index (χ1v) is 10.5. The van der Waals surface area contributed by atoms with Crippen molar-refractivity contribution >= 4 is 16.7 Å². The number of benzene rings is 2. The smallest absolute Gasteiger partial charge is 0.435 e. The molecule has 0 saturated carbocycles. The summed E-state index contributed by atoms with van der Waals surface area (Å²) in [7, 11) is 0. The first kappa shape index (κ1) is 21.2. The Hall–Kier alpha value is -3.03. The average molecular weight is 431 g/mol. The van der Waals surface area contributed by atoms with Gasteiger partial charge in [-0.25, -0.2) is 0 Å². The van der Waals surface area contributed by atoms with E-state index in [4.69, 9.17) is 4.74 Å². The second-order valence-corrected chi connectivity index (χ2v) is 7.55. The number of ether oxygens (including phenoxy) is 1. The molecule has 0 fully saturated rings. The number of fused-ring (bicyclic) bond motifs is 2. The van der Waals surface area contributed by atoms with Crippen LogP contribution in [0.25, 0.3) is 10.8 Å². The number of carbonyl (C=O) groups excluding carboxylic acids is 1. The summed E-state index contributed by atoms with van der Waals surface area (Å²) >= 11 is 0. The van der Waals surface area contributed by atoms with Crippen molar-refractivity contribution in [3.05, 3.63) is 58.9 Å². The molecule has 0 unspecified atom stereocenters. The fraction of sp³-hybridized carbons (Fsp3) is 0.391. The first-order chi connectivity index (χ1) is 14.9. The van der Waals surface area contributed by atoms with E-state index in [1.54, 1.807) is 6.07 Å². The molecule has 164 valence electrons. The Kier molecular flexibility index (Phi) is 5.89. The van der Waals surface area contributed by atoms with E-state index >= 15 is 0 Å². The number of hydrogen-bond acceptors (Lipinski definition) is 3. The molecule has 0 atom stereocenters. The standard InChI is InChI=1S/C23H24F3N3O2/c1-2-31-19-12-11-15-7-3-4-8-16(15)20(19)22(30)27-13-14-29-18-10-6-5-9-17(18)21(28-29)23(24,25)26/h3-4,7-8,11-12H,2,5-6,9-10,13-14H2,1H3,(H,27,30). The van der Waals surface area contributed by atoms with Crippen LogP contribution in [0.2, 0.25) is 0 Å². The van der Waals surface area contributed by atoms with Gasteiger partial charge < -0.3 is 10.1 Å². The van der Waals surface area contributed by atoms with Crippen LogP contribution in [-0.2, 0) is 25.6 Å². The summed E-state index contributed by atoms with van der Waals surface area (Å²) in [6.07, 6.45) is -1.92. The molecule has 0 aliphatic heterocycles. The van der Waals surface area contributed by atoms with Gasteiger partial charge in [-0.15, -0.1) is 0 Å². The highest BCUT2D eigenvalue weighted by atomic mass is 19.4. The zero-order chi connectivity index (χ0) is 22.0. The van der Waals surface area contributed by atoms with E-state index in [-0.39, 0.29) is 19.0 Å². The van der Waals surface area contributed by atoms with Gasteiger partial charge in [0.15, 0.2) is 5.69 Å². The Labute approximate surface area is 178 Å². The van der Waals surface area contributed by atoms with Gasteiger partial charge in [0.1, 0.15) is 5.75 Å². The topological polar surface area (TPSA) is 56.1 Å². The maximum atomic E-state index is 13.4. The van der Waals surface area contributed by atoms with Gasteiger partial charge in [0, 0.05) is 17.8 Å². The lowest BCUT2D eigenvalue weighted by Crippen LogP contribution is -2.29. The number of carbonyl (C=O) groups is 1. The van der Waals surface area contributed by atoms with Gasteiger partial charge in [0.05, 0.1) is 18.7 Å². The van der Waals surface area contributed by atoms with Crippen LogP contribution in [0, 0.1) is 0 Å². The molecule has 0 radical (unpaired) electrons. The average Bonchev–Trinajstić information content (AvgIpc) is 3.13. The van der Waals surface area contributed by atoms with E-state index < -0.39 is 11.9 Å². The van der Waals surface area contributed by atoms with Crippen LogP contribution in [0.1, 0.15) is 47.1 Å². The number of amides is 1. The maximum Gasteiger partial charge on any atom is 0.435 e. The van der Waals surface area contributed by atoms with Gasteiger partial charge in [-0.2, -0.15) is 18.3 Å².